The van der Waals surface area contributed by atoms with Gasteiger partial charge in [0.15, 0.2) is 0 Å². The molecule has 1 N–H and O–H groups in total. The highest BCUT2D eigenvalue weighted by Gasteiger charge is 2.34. The molecule has 0 aromatic heterocycles. The van der Waals surface area contributed by atoms with E-state index in [2.05, 4.69) is 29.2 Å². The molecule has 12 heavy (non-hydrogen) atoms. The fraction of sp³-hybridized carbons (Fsp3) is 1.00. The molecular formula is C9H19N3. The smallest absolute Gasteiger partial charge is 0.0344 e. The monoisotopic (exact) mass is 169 g/mol. The molecule has 0 spiro atoms. The third-order valence-corrected chi connectivity index (χ3v) is 3.17. The summed E-state index contributed by atoms with van der Waals surface area (Å²) in [4.78, 5) is 4.93. The van der Waals surface area contributed by atoms with Gasteiger partial charge in [-0.3, -0.25) is 4.90 Å². The second kappa shape index (κ2) is 3.32. The minimum absolute atomic E-state index is 0.811. The molecule has 0 aliphatic carbocycles. The molecule has 0 saturated carbocycles. The zero-order valence-corrected chi connectivity index (χ0v) is 8.08. The Bertz CT molecular complexity index is 146. The lowest BCUT2D eigenvalue weighted by Crippen LogP contribution is -2.60. The Morgan fingerprint density at radius 2 is 2.08 bits per heavy atom. The van der Waals surface area contributed by atoms with Crippen molar-refractivity contribution < 1.29 is 0 Å². The molecule has 0 bridgehead atoms. The number of nitrogens with zero attached hydrogens (tertiary/aromatic N) is 2. The van der Waals surface area contributed by atoms with Gasteiger partial charge in [0.05, 0.1) is 0 Å². The van der Waals surface area contributed by atoms with Gasteiger partial charge in [-0.15, -0.1) is 0 Å². The van der Waals surface area contributed by atoms with Crippen LogP contribution in [0.3, 0.4) is 0 Å². The molecule has 0 aromatic carbocycles. The van der Waals surface area contributed by atoms with Crippen molar-refractivity contribution in [2.45, 2.75) is 18.5 Å². The summed E-state index contributed by atoms with van der Waals surface area (Å²) in [7, 11) is 4.35. The van der Waals surface area contributed by atoms with E-state index in [1.54, 1.807) is 0 Å². The average Bonchev–Trinajstić information content (AvgIpc) is 2.34. The van der Waals surface area contributed by atoms with Gasteiger partial charge in [-0.2, -0.15) is 0 Å². The molecule has 0 unspecified atom stereocenters. The van der Waals surface area contributed by atoms with Crippen molar-refractivity contribution in [3.05, 3.63) is 0 Å². The lowest BCUT2D eigenvalue weighted by molar-refractivity contribution is 0.0336. The van der Waals surface area contributed by atoms with E-state index in [-0.39, 0.29) is 0 Å². The van der Waals surface area contributed by atoms with Gasteiger partial charge < -0.3 is 10.2 Å². The van der Waals surface area contributed by atoms with E-state index in [1.807, 2.05) is 0 Å². The second-order valence-electron chi connectivity index (χ2n) is 4.22. The summed E-state index contributed by atoms with van der Waals surface area (Å²) in [5.41, 5.74) is 0. The Balaban J connectivity index is 1.73. The molecule has 3 nitrogen and oxygen atoms in total. The summed E-state index contributed by atoms with van der Waals surface area (Å²) in [5.74, 6) is 0. The maximum Gasteiger partial charge on any atom is 0.0344 e. The average molecular weight is 169 g/mol. The van der Waals surface area contributed by atoms with Gasteiger partial charge in [0.2, 0.25) is 0 Å². The summed E-state index contributed by atoms with van der Waals surface area (Å²) in [6.45, 7) is 4.98. The van der Waals surface area contributed by atoms with E-state index in [0.717, 1.165) is 12.1 Å². The van der Waals surface area contributed by atoms with Crippen LogP contribution >= 0.6 is 0 Å². The standard InChI is InChI=1S/C9H19N3/c1-11(2)9-6-12(7-9)8-3-4-10-5-8/h8-10H,3-7H2,1-2H3/t8-/m1/s1. The largest absolute Gasteiger partial charge is 0.315 e. The van der Waals surface area contributed by atoms with Crippen LogP contribution in [0.5, 0.6) is 0 Å². The zero-order chi connectivity index (χ0) is 8.55. The fourth-order valence-electron chi connectivity index (χ4n) is 2.06. The summed E-state index contributed by atoms with van der Waals surface area (Å²) >= 11 is 0. The predicted octanol–water partition coefficient (Wildman–Crippen LogP) is -0.406. The molecule has 2 heterocycles. The van der Waals surface area contributed by atoms with Crippen molar-refractivity contribution >= 4 is 0 Å². The summed E-state index contributed by atoms with van der Waals surface area (Å²) in [6, 6.07) is 1.65. The molecule has 0 amide bonds. The number of likely N-dealkylation sites (N-methyl/N-ethyl adjacent to an activating group) is 1. The van der Waals surface area contributed by atoms with Crippen LogP contribution in [0, 0.1) is 0 Å². The molecule has 2 saturated heterocycles. The summed E-state index contributed by atoms with van der Waals surface area (Å²) < 4.78 is 0. The molecular weight excluding hydrogens is 150 g/mol. The van der Waals surface area contributed by atoms with Crippen LogP contribution in [0.2, 0.25) is 0 Å². The number of rotatable bonds is 2. The quantitative estimate of drug-likeness (QED) is 0.606. The molecule has 2 aliphatic rings. The number of hydrogen-bond acceptors (Lipinski definition) is 3. The van der Waals surface area contributed by atoms with Crippen LogP contribution in [0.1, 0.15) is 6.42 Å². The maximum atomic E-state index is 3.41. The summed E-state index contributed by atoms with van der Waals surface area (Å²) in [5, 5.41) is 3.41. The third-order valence-electron chi connectivity index (χ3n) is 3.17. The Hall–Kier alpha value is -0.120. The van der Waals surface area contributed by atoms with Crippen molar-refractivity contribution in [1.29, 1.82) is 0 Å². The lowest BCUT2D eigenvalue weighted by Gasteiger charge is -2.45. The molecule has 2 rings (SSSR count). The molecule has 2 fully saturated rings. The first-order chi connectivity index (χ1) is 5.77. The van der Waals surface area contributed by atoms with Gasteiger partial charge in [-0.1, -0.05) is 0 Å². The first-order valence-electron chi connectivity index (χ1n) is 4.88. The van der Waals surface area contributed by atoms with Crippen LogP contribution < -0.4 is 5.32 Å². The summed E-state index contributed by atoms with van der Waals surface area (Å²) in [6.07, 6.45) is 1.35. The van der Waals surface area contributed by atoms with E-state index in [0.29, 0.717) is 0 Å². The van der Waals surface area contributed by atoms with E-state index >= 15 is 0 Å². The zero-order valence-electron chi connectivity index (χ0n) is 8.08. The molecule has 1 atom stereocenters. The minimum atomic E-state index is 0.811. The molecule has 2 aliphatic heterocycles. The SMILES string of the molecule is CN(C)C1CN([C@@H]2CCNC2)C1. The highest BCUT2D eigenvalue weighted by atomic mass is 15.3. The van der Waals surface area contributed by atoms with Crippen molar-refractivity contribution in [2.75, 3.05) is 40.3 Å². The Labute approximate surface area is 74.7 Å². The predicted molar refractivity (Wildman–Crippen MR) is 50.3 cm³/mol. The van der Waals surface area contributed by atoms with Gasteiger partial charge in [0, 0.05) is 31.7 Å². The number of nitrogens with one attached hydrogen (secondary N) is 1. The van der Waals surface area contributed by atoms with E-state index in [9.17, 15) is 0 Å². The van der Waals surface area contributed by atoms with Crippen molar-refractivity contribution in [3.8, 4) is 0 Å². The molecule has 0 aromatic rings. The highest BCUT2D eigenvalue weighted by Crippen LogP contribution is 2.18. The Morgan fingerprint density at radius 3 is 2.58 bits per heavy atom. The Morgan fingerprint density at radius 1 is 1.33 bits per heavy atom. The minimum Gasteiger partial charge on any atom is -0.315 e. The Kier molecular flexibility index (Phi) is 2.35. The second-order valence-corrected chi connectivity index (χ2v) is 4.22. The van der Waals surface area contributed by atoms with Crippen LogP contribution in [-0.2, 0) is 0 Å². The van der Waals surface area contributed by atoms with Gasteiger partial charge >= 0.3 is 0 Å². The highest BCUT2D eigenvalue weighted by molar-refractivity contribution is 4.92. The number of hydrogen-bond donors (Lipinski definition) is 1. The van der Waals surface area contributed by atoms with E-state index in [4.69, 9.17) is 0 Å². The van der Waals surface area contributed by atoms with Gasteiger partial charge in [-0.05, 0) is 27.1 Å². The van der Waals surface area contributed by atoms with Crippen LogP contribution in [0.15, 0.2) is 0 Å². The van der Waals surface area contributed by atoms with Crippen LogP contribution in [-0.4, -0.2) is 62.2 Å². The third kappa shape index (κ3) is 1.49. The van der Waals surface area contributed by atoms with Gasteiger partial charge in [0.1, 0.15) is 0 Å². The topological polar surface area (TPSA) is 18.5 Å². The molecule has 0 radical (unpaired) electrons. The van der Waals surface area contributed by atoms with Gasteiger partial charge in [0.25, 0.3) is 0 Å². The first-order valence-corrected chi connectivity index (χ1v) is 4.88. The fourth-order valence-corrected chi connectivity index (χ4v) is 2.06. The maximum absolute atomic E-state index is 3.41. The first kappa shape index (κ1) is 8.48. The van der Waals surface area contributed by atoms with Crippen LogP contribution in [0.25, 0.3) is 0 Å². The van der Waals surface area contributed by atoms with Crippen molar-refractivity contribution in [3.63, 3.8) is 0 Å². The van der Waals surface area contributed by atoms with E-state index < -0.39 is 0 Å². The van der Waals surface area contributed by atoms with Crippen molar-refractivity contribution in [1.82, 2.24) is 15.1 Å². The number of likely N-dealkylation sites (tertiary alicyclic amines) is 1. The lowest BCUT2D eigenvalue weighted by atomic mass is 10.0. The van der Waals surface area contributed by atoms with Gasteiger partial charge in [-0.25, -0.2) is 0 Å². The normalized spacial score (nSPS) is 32.8. The molecule has 3 heteroatoms. The van der Waals surface area contributed by atoms with E-state index in [1.165, 1.54) is 32.6 Å². The molecule has 70 valence electrons. The van der Waals surface area contributed by atoms with Crippen LogP contribution in [0.4, 0.5) is 0 Å². The van der Waals surface area contributed by atoms with Crippen molar-refractivity contribution in [2.24, 2.45) is 0 Å².